The molecular weight excluding hydrogens is 496 g/mol. The summed E-state index contributed by atoms with van der Waals surface area (Å²) in [6, 6.07) is 24.3. The van der Waals surface area contributed by atoms with Gasteiger partial charge in [-0.3, -0.25) is 14.4 Å². The molecule has 0 atom stereocenters. The van der Waals surface area contributed by atoms with Crippen molar-refractivity contribution in [2.45, 2.75) is 6.54 Å². The molecule has 0 aliphatic carbocycles. The molecule has 39 heavy (non-hydrogen) atoms. The Balaban J connectivity index is 1.29. The van der Waals surface area contributed by atoms with E-state index in [0.717, 1.165) is 17.0 Å². The van der Waals surface area contributed by atoms with Gasteiger partial charge >= 0.3 is 0 Å². The highest BCUT2D eigenvalue weighted by molar-refractivity contribution is 5.95. The number of hydrogen-bond donors (Lipinski definition) is 1. The fourth-order valence-corrected chi connectivity index (χ4v) is 4.46. The maximum Gasteiger partial charge on any atom is 0.253 e. The van der Waals surface area contributed by atoms with Gasteiger partial charge in [-0.05, 0) is 54.1 Å². The first-order valence-corrected chi connectivity index (χ1v) is 12.9. The maximum absolute atomic E-state index is 12.8. The lowest BCUT2D eigenvalue weighted by Gasteiger charge is -2.36. The van der Waals surface area contributed by atoms with Crippen molar-refractivity contribution < 1.29 is 23.9 Å². The van der Waals surface area contributed by atoms with E-state index in [-0.39, 0.29) is 30.9 Å². The molecule has 3 aromatic carbocycles. The number of ether oxygens (including phenoxy) is 2. The molecule has 9 nitrogen and oxygen atoms in total. The van der Waals surface area contributed by atoms with Crippen LogP contribution in [0.4, 0.5) is 11.4 Å². The van der Waals surface area contributed by atoms with Gasteiger partial charge in [0.2, 0.25) is 11.8 Å². The van der Waals surface area contributed by atoms with Crippen molar-refractivity contribution in [1.29, 1.82) is 0 Å². The number of amides is 3. The molecule has 3 amide bonds. The van der Waals surface area contributed by atoms with Gasteiger partial charge in [0.05, 0.1) is 7.11 Å². The Labute approximate surface area is 228 Å². The van der Waals surface area contributed by atoms with Crippen molar-refractivity contribution in [1.82, 2.24) is 9.80 Å². The van der Waals surface area contributed by atoms with E-state index >= 15 is 0 Å². The summed E-state index contributed by atoms with van der Waals surface area (Å²) in [6.07, 6.45) is 0. The summed E-state index contributed by atoms with van der Waals surface area (Å²) in [4.78, 5) is 43.7. The first-order chi connectivity index (χ1) is 19.0. The van der Waals surface area contributed by atoms with E-state index < -0.39 is 0 Å². The van der Waals surface area contributed by atoms with Gasteiger partial charge in [0.15, 0.2) is 0 Å². The first-order valence-electron chi connectivity index (χ1n) is 12.9. The van der Waals surface area contributed by atoms with Crippen LogP contribution in [0.2, 0.25) is 0 Å². The topological polar surface area (TPSA) is 91.4 Å². The number of nitrogens with one attached hydrogen (secondary N) is 1. The largest absolute Gasteiger partial charge is 0.497 e. The summed E-state index contributed by atoms with van der Waals surface area (Å²) in [5.41, 5.74) is 3.25. The quantitative estimate of drug-likeness (QED) is 0.433. The number of anilines is 2. The summed E-state index contributed by atoms with van der Waals surface area (Å²) in [7, 11) is 3.06. The van der Waals surface area contributed by atoms with Crippen molar-refractivity contribution in [3.8, 4) is 5.75 Å². The third kappa shape index (κ3) is 7.58. The number of rotatable bonds is 10. The van der Waals surface area contributed by atoms with Crippen molar-refractivity contribution in [3.63, 3.8) is 0 Å². The van der Waals surface area contributed by atoms with Crippen LogP contribution >= 0.6 is 0 Å². The molecule has 204 valence electrons. The Kier molecular flexibility index (Phi) is 9.53. The van der Waals surface area contributed by atoms with Gasteiger partial charge in [-0.2, -0.15) is 0 Å². The van der Waals surface area contributed by atoms with E-state index in [2.05, 4.69) is 10.2 Å². The molecule has 3 aromatic rings. The molecule has 1 aliphatic heterocycles. The van der Waals surface area contributed by atoms with Gasteiger partial charge in [-0.1, -0.05) is 30.3 Å². The summed E-state index contributed by atoms with van der Waals surface area (Å²) < 4.78 is 10.2. The second kappa shape index (κ2) is 13.4. The van der Waals surface area contributed by atoms with Gasteiger partial charge in [0.1, 0.15) is 18.9 Å². The first kappa shape index (κ1) is 27.7. The van der Waals surface area contributed by atoms with Gasteiger partial charge in [0, 0.05) is 56.8 Å². The molecule has 1 fully saturated rings. The number of methoxy groups -OCH3 is 2. The van der Waals surface area contributed by atoms with Crippen LogP contribution in [-0.2, 0) is 20.9 Å². The van der Waals surface area contributed by atoms with E-state index in [9.17, 15) is 14.4 Å². The third-order valence-electron chi connectivity index (χ3n) is 6.59. The molecule has 1 heterocycles. The number of benzene rings is 3. The zero-order chi connectivity index (χ0) is 27.6. The molecule has 0 spiro atoms. The van der Waals surface area contributed by atoms with E-state index in [0.29, 0.717) is 44.0 Å². The molecule has 4 rings (SSSR count). The second-order valence-corrected chi connectivity index (χ2v) is 9.27. The molecule has 1 saturated heterocycles. The Bertz CT molecular complexity index is 1240. The Morgan fingerprint density at radius 1 is 0.846 bits per heavy atom. The molecule has 1 N–H and O–H groups in total. The number of piperazine rings is 1. The van der Waals surface area contributed by atoms with E-state index in [4.69, 9.17) is 9.47 Å². The Morgan fingerprint density at radius 2 is 1.51 bits per heavy atom. The minimum Gasteiger partial charge on any atom is -0.497 e. The fourth-order valence-electron chi connectivity index (χ4n) is 4.46. The average Bonchev–Trinajstić information content (AvgIpc) is 2.97. The predicted octanol–water partition coefficient (Wildman–Crippen LogP) is 3.27. The number of hydrogen-bond acceptors (Lipinski definition) is 6. The summed E-state index contributed by atoms with van der Waals surface area (Å²) in [5, 5.41) is 2.88. The van der Waals surface area contributed by atoms with Crippen LogP contribution in [0, 0.1) is 0 Å². The van der Waals surface area contributed by atoms with Crippen molar-refractivity contribution in [3.05, 3.63) is 90.0 Å². The molecule has 9 heteroatoms. The standard InChI is InChI=1S/C30H34N4O5/c1-38-22-29(36)34(20-23-6-4-3-5-7-23)21-28(35)31-25-10-12-26(13-11-25)32-16-18-33(19-17-32)30(37)24-8-14-27(39-2)15-9-24/h3-15H,16-22H2,1-2H3,(H,31,35). The Hall–Kier alpha value is -4.37. The second-order valence-electron chi connectivity index (χ2n) is 9.27. The fraction of sp³-hybridized carbons (Fsp3) is 0.300. The molecule has 0 radical (unpaired) electrons. The predicted molar refractivity (Wildman–Crippen MR) is 150 cm³/mol. The highest BCUT2D eigenvalue weighted by Crippen LogP contribution is 2.21. The lowest BCUT2D eigenvalue weighted by atomic mass is 10.1. The van der Waals surface area contributed by atoms with E-state index in [1.165, 1.54) is 12.0 Å². The molecular formula is C30H34N4O5. The van der Waals surface area contributed by atoms with Crippen LogP contribution in [0.3, 0.4) is 0 Å². The van der Waals surface area contributed by atoms with Crippen molar-refractivity contribution in [2.24, 2.45) is 0 Å². The van der Waals surface area contributed by atoms with Gasteiger partial charge < -0.3 is 29.5 Å². The summed E-state index contributed by atoms with van der Waals surface area (Å²) in [5.74, 6) is 0.200. The van der Waals surface area contributed by atoms with Crippen molar-refractivity contribution in [2.75, 3.05) is 63.8 Å². The SMILES string of the molecule is COCC(=O)N(CC(=O)Nc1ccc(N2CCN(C(=O)c3ccc(OC)cc3)CC2)cc1)Cc1ccccc1. The van der Waals surface area contributed by atoms with Gasteiger partial charge in [-0.15, -0.1) is 0 Å². The van der Waals surface area contributed by atoms with E-state index in [1.54, 1.807) is 31.4 Å². The van der Waals surface area contributed by atoms with Crippen LogP contribution in [0.15, 0.2) is 78.9 Å². The average molecular weight is 531 g/mol. The monoisotopic (exact) mass is 530 g/mol. The zero-order valence-electron chi connectivity index (χ0n) is 22.3. The van der Waals surface area contributed by atoms with E-state index in [1.807, 2.05) is 59.5 Å². The molecule has 0 aromatic heterocycles. The van der Waals surface area contributed by atoms with Crippen LogP contribution in [0.1, 0.15) is 15.9 Å². The molecule has 0 unspecified atom stereocenters. The van der Waals surface area contributed by atoms with Crippen LogP contribution < -0.4 is 15.0 Å². The molecule has 1 aliphatic rings. The third-order valence-corrected chi connectivity index (χ3v) is 6.59. The van der Waals surface area contributed by atoms with Crippen LogP contribution in [0.25, 0.3) is 0 Å². The lowest BCUT2D eigenvalue weighted by Crippen LogP contribution is -2.48. The van der Waals surface area contributed by atoms with Gasteiger partial charge in [-0.25, -0.2) is 0 Å². The minimum atomic E-state index is -0.284. The van der Waals surface area contributed by atoms with Crippen LogP contribution in [-0.4, -0.2) is 81.1 Å². The van der Waals surface area contributed by atoms with Crippen molar-refractivity contribution >= 4 is 29.1 Å². The maximum atomic E-state index is 12.8. The number of carbonyl (C=O) groups excluding carboxylic acids is 3. The summed E-state index contributed by atoms with van der Waals surface area (Å²) >= 11 is 0. The molecule has 0 bridgehead atoms. The lowest BCUT2D eigenvalue weighted by molar-refractivity contribution is -0.138. The van der Waals surface area contributed by atoms with Gasteiger partial charge in [0.25, 0.3) is 5.91 Å². The number of carbonyl (C=O) groups is 3. The highest BCUT2D eigenvalue weighted by Gasteiger charge is 2.23. The minimum absolute atomic E-state index is 0.0145. The Morgan fingerprint density at radius 3 is 2.13 bits per heavy atom. The van der Waals surface area contributed by atoms with Crippen LogP contribution in [0.5, 0.6) is 5.75 Å². The normalized spacial score (nSPS) is 13.1. The molecule has 0 saturated carbocycles. The zero-order valence-corrected chi connectivity index (χ0v) is 22.3. The number of nitrogens with zero attached hydrogens (tertiary/aromatic N) is 3. The smallest absolute Gasteiger partial charge is 0.253 e. The summed E-state index contributed by atoms with van der Waals surface area (Å²) in [6.45, 7) is 2.82. The highest BCUT2D eigenvalue weighted by atomic mass is 16.5.